The van der Waals surface area contributed by atoms with Crippen molar-refractivity contribution in [3.05, 3.63) is 0 Å². The van der Waals surface area contributed by atoms with Crippen LogP contribution in [-0.4, -0.2) is 69.9 Å². The first-order chi connectivity index (χ1) is 12.3. The maximum absolute atomic E-state index is 12.0. The number of nitrogens with zero attached hydrogens (tertiary/aromatic N) is 2. The van der Waals surface area contributed by atoms with Gasteiger partial charge in [-0.1, -0.05) is 19.8 Å². The van der Waals surface area contributed by atoms with Crippen molar-refractivity contribution in [1.82, 2.24) is 15.5 Å². The first kappa shape index (κ1) is 21.0. The van der Waals surface area contributed by atoms with Crippen molar-refractivity contribution in [1.29, 1.82) is 0 Å². The van der Waals surface area contributed by atoms with Gasteiger partial charge in [0.2, 0.25) is 5.91 Å². The molecule has 0 aromatic heterocycles. The Bertz CT molecular complexity index is 598. The fraction of sp³-hybridized carbons (Fsp3) is 0.889. The standard InChI is InChI=1S/C18H34N4O3S/c1-14-4-6-15(7-5-14)12-22(3)18(19-2)20-10-8-17(23)21-16-9-11-26(24,25)13-16/h14-16H,4-13H2,1-3H3,(H,19,20)(H,21,23). The van der Waals surface area contributed by atoms with E-state index in [1.54, 1.807) is 7.05 Å². The Morgan fingerprint density at radius 1 is 1.19 bits per heavy atom. The van der Waals surface area contributed by atoms with Gasteiger partial charge in [0, 0.05) is 39.6 Å². The molecule has 1 unspecified atom stereocenters. The van der Waals surface area contributed by atoms with E-state index in [2.05, 4.69) is 27.4 Å². The fourth-order valence-corrected chi connectivity index (χ4v) is 5.54. The minimum Gasteiger partial charge on any atom is -0.356 e. The third kappa shape index (κ3) is 6.78. The molecule has 1 aliphatic heterocycles. The Hall–Kier alpha value is -1.31. The molecule has 0 bridgehead atoms. The molecule has 2 fully saturated rings. The number of hydrogen-bond donors (Lipinski definition) is 2. The van der Waals surface area contributed by atoms with Gasteiger partial charge in [-0.2, -0.15) is 0 Å². The van der Waals surface area contributed by atoms with Crippen molar-refractivity contribution >= 4 is 21.7 Å². The fourth-order valence-electron chi connectivity index (χ4n) is 3.87. The van der Waals surface area contributed by atoms with Gasteiger partial charge in [0.05, 0.1) is 11.5 Å². The van der Waals surface area contributed by atoms with Crippen LogP contribution in [0.2, 0.25) is 0 Å². The number of nitrogens with one attached hydrogen (secondary N) is 2. The second-order valence-electron chi connectivity index (χ2n) is 7.90. The SMILES string of the molecule is CN=C(NCCC(=O)NC1CCS(=O)(=O)C1)N(C)CC1CCC(C)CC1. The van der Waals surface area contributed by atoms with Crippen LogP contribution in [0.15, 0.2) is 4.99 Å². The number of aliphatic imine (C=N–C) groups is 1. The van der Waals surface area contributed by atoms with E-state index in [-0.39, 0.29) is 23.5 Å². The van der Waals surface area contributed by atoms with Gasteiger partial charge in [0.25, 0.3) is 0 Å². The molecule has 1 aliphatic carbocycles. The minimum absolute atomic E-state index is 0.0661. The zero-order valence-corrected chi connectivity index (χ0v) is 17.1. The van der Waals surface area contributed by atoms with Crippen LogP contribution in [0.1, 0.15) is 45.4 Å². The summed E-state index contributed by atoms with van der Waals surface area (Å²) in [7, 11) is 0.830. The first-order valence-electron chi connectivity index (χ1n) is 9.70. The number of sulfone groups is 1. The lowest BCUT2D eigenvalue weighted by Crippen LogP contribution is -2.43. The summed E-state index contributed by atoms with van der Waals surface area (Å²) in [6.45, 7) is 3.80. The molecule has 1 saturated carbocycles. The van der Waals surface area contributed by atoms with Gasteiger partial charge in [-0.3, -0.25) is 9.79 Å². The van der Waals surface area contributed by atoms with E-state index in [1.807, 2.05) is 7.05 Å². The van der Waals surface area contributed by atoms with Gasteiger partial charge in [0.15, 0.2) is 15.8 Å². The maximum Gasteiger partial charge on any atom is 0.222 e. The number of carbonyl (C=O) groups excluding carboxylic acids is 1. The zero-order chi connectivity index (χ0) is 19.2. The molecule has 2 aliphatic rings. The van der Waals surface area contributed by atoms with Crippen LogP contribution >= 0.6 is 0 Å². The molecule has 2 N–H and O–H groups in total. The predicted octanol–water partition coefficient (Wildman–Crippen LogP) is 1.01. The number of carbonyl (C=O) groups is 1. The highest BCUT2D eigenvalue weighted by Gasteiger charge is 2.28. The summed E-state index contributed by atoms with van der Waals surface area (Å²) < 4.78 is 22.9. The Kier molecular flexibility index (Phi) is 7.73. The Morgan fingerprint density at radius 3 is 2.46 bits per heavy atom. The molecule has 2 rings (SSSR count). The lowest BCUT2D eigenvalue weighted by Gasteiger charge is -2.31. The van der Waals surface area contributed by atoms with Gasteiger partial charge >= 0.3 is 0 Å². The third-order valence-electron chi connectivity index (χ3n) is 5.47. The summed E-state index contributed by atoms with van der Waals surface area (Å²) >= 11 is 0. The Morgan fingerprint density at radius 2 is 1.88 bits per heavy atom. The van der Waals surface area contributed by atoms with Crippen molar-refractivity contribution in [2.45, 2.75) is 51.5 Å². The Labute approximate surface area is 157 Å². The summed E-state index contributed by atoms with van der Waals surface area (Å²) in [5.74, 6) is 2.49. The van der Waals surface area contributed by atoms with Crippen LogP contribution in [0, 0.1) is 11.8 Å². The predicted molar refractivity (Wildman–Crippen MR) is 105 cm³/mol. The highest BCUT2D eigenvalue weighted by Crippen LogP contribution is 2.28. The van der Waals surface area contributed by atoms with E-state index >= 15 is 0 Å². The van der Waals surface area contributed by atoms with Gasteiger partial charge in [-0.25, -0.2) is 8.42 Å². The van der Waals surface area contributed by atoms with Crippen LogP contribution in [-0.2, 0) is 14.6 Å². The van der Waals surface area contributed by atoms with E-state index in [0.29, 0.717) is 25.3 Å². The third-order valence-corrected chi connectivity index (χ3v) is 7.24. The number of amides is 1. The van der Waals surface area contributed by atoms with E-state index in [0.717, 1.165) is 18.4 Å². The molecule has 1 amide bonds. The average molecular weight is 387 g/mol. The quantitative estimate of drug-likeness (QED) is 0.525. The normalized spacial score (nSPS) is 28.6. The summed E-state index contributed by atoms with van der Waals surface area (Å²) in [5.41, 5.74) is 0. The Balaban J connectivity index is 1.67. The highest BCUT2D eigenvalue weighted by atomic mass is 32.2. The molecule has 26 heavy (non-hydrogen) atoms. The van der Waals surface area contributed by atoms with Crippen LogP contribution in [0.25, 0.3) is 0 Å². The smallest absolute Gasteiger partial charge is 0.222 e. The monoisotopic (exact) mass is 386 g/mol. The van der Waals surface area contributed by atoms with E-state index in [4.69, 9.17) is 0 Å². The molecule has 0 spiro atoms. The van der Waals surface area contributed by atoms with Crippen LogP contribution in [0.3, 0.4) is 0 Å². The first-order valence-corrected chi connectivity index (χ1v) is 11.5. The number of hydrogen-bond acceptors (Lipinski definition) is 4. The van der Waals surface area contributed by atoms with Gasteiger partial charge in [-0.05, 0) is 31.1 Å². The zero-order valence-electron chi connectivity index (χ0n) is 16.3. The van der Waals surface area contributed by atoms with E-state index in [9.17, 15) is 13.2 Å². The van der Waals surface area contributed by atoms with Crippen molar-refractivity contribution in [3.63, 3.8) is 0 Å². The molecule has 7 nitrogen and oxygen atoms in total. The molecule has 150 valence electrons. The molecule has 1 saturated heterocycles. The number of rotatable bonds is 6. The second kappa shape index (κ2) is 9.58. The van der Waals surface area contributed by atoms with Crippen LogP contribution in [0.4, 0.5) is 0 Å². The second-order valence-corrected chi connectivity index (χ2v) is 10.1. The van der Waals surface area contributed by atoms with Gasteiger partial charge in [-0.15, -0.1) is 0 Å². The van der Waals surface area contributed by atoms with Gasteiger partial charge < -0.3 is 15.5 Å². The maximum atomic E-state index is 12.0. The average Bonchev–Trinajstić information content (AvgIpc) is 2.92. The van der Waals surface area contributed by atoms with E-state index < -0.39 is 9.84 Å². The lowest BCUT2D eigenvalue weighted by molar-refractivity contribution is -0.121. The van der Waals surface area contributed by atoms with Crippen LogP contribution < -0.4 is 10.6 Å². The highest BCUT2D eigenvalue weighted by molar-refractivity contribution is 7.91. The molecule has 0 aromatic rings. The van der Waals surface area contributed by atoms with Crippen molar-refractivity contribution in [3.8, 4) is 0 Å². The van der Waals surface area contributed by atoms with Crippen molar-refractivity contribution in [2.24, 2.45) is 16.8 Å². The molecular formula is C18H34N4O3S. The van der Waals surface area contributed by atoms with E-state index in [1.165, 1.54) is 25.7 Å². The molecule has 1 heterocycles. The minimum atomic E-state index is -2.96. The number of guanidine groups is 1. The lowest BCUT2D eigenvalue weighted by atomic mass is 9.83. The topological polar surface area (TPSA) is 90.9 Å². The molecule has 0 aromatic carbocycles. The largest absolute Gasteiger partial charge is 0.356 e. The molecule has 0 radical (unpaired) electrons. The molecular weight excluding hydrogens is 352 g/mol. The molecule has 1 atom stereocenters. The van der Waals surface area contributed by atoms with Gasteiger partial charge in [0.1, 0.15) is 0 Å². The van der Waals surface area contributed by atoms with Crippen molar-refractivity contribution < 1.29 is 13.2 Å². The van der Waals surface area contributed by atoms with Crippen LogP contribution in [0.5, 0.6) is 0 Å². The summed E-state index contributed by atoms with van der Waals surface area (Å²) in [6, 6.07) is -0.233. The van der Waals surface area contributed by atoms with Crippen molar-refractivity contribution in [2.75, 3.05) is 38.7 Å². The molecule has 8 heteroatoms. The summed E-state index contributed by atoms with van der Waals surface area (Å²) in [4.78, 5) is 18.4. The summed E-state index contributed by atoms with van der Waals surface area (Å²) in [5, 5.41) is 6.05. The summed E-state index contributed by atoms with van der Waals surface area (Å²) in [6.07, 6.45) is 5.99.